The molecule has 0 bridgehead atoms. The number of hydrogen-bond acceptors (Lipinski definition) is 3. The van der Waals surface area contributed by atoms with Gasteiger partial charge in [-0.15, -0.1) is 0 Å². The first-order valence-corrected chi connectivity index (χ1v) is 12.6. The van der Waals surface area contributed by atoms with E-state index in [1.165, 1.54) is 32.1 Å². The summed E-state index contributed by atoms with van der Waals surface area (Å²) in [5.74, 6) is 1.94. The van der Waals surface area contributed by atoms with E-state index in [0.717, 1.165) is 36.3 Å². The van der Waals surface area contributed by atoms with Crippen LogP contribution in [0, 0.1) is 29.1 Å². The van der Waals surface area contributed by atoms with E-state index in [2.05, 4.69) is 32.6 Å². The average molecular weight is 431 g/mol. The molecule has 0 unspecified atom stereocenters. The van der Waals surface area contributed by atoms with Gasteiger partial charge in [-0.1, -0.05) is 57.9 Å². The number of allylic oxidation sites excluding steroid dienone is 3. The maximum Gasteiger partial charge on any atom is 0.0837 e. The van der Waals surface area contributed by atoms with Crippen molar-refractivity contribution in [3.8, 4) is 0 Å². The van der Waals surface area contributed by atoms with Gasteiger partial charge in [-0.25, -0.2) is 0 Å². The molecule has 3 aliphatic carbocycles. The summed E-state index contributed by atoms with van der Waals surface area (Å²) in [6.45, 7) is 14.8. The molecule has 0 saturated heterocycles. The fourth-order valence-electron chi connectivity index (χ4n) is 6.91. The normalized spacial score (nSPS) is 40.4. The van der Waals surface area contributed by atoms with Crippen LogP contribution in [-0.4, -0.2) is 33.1 Å². The van der Waals surface area contributed by atoms with Gasteiger partial charge in [0.2, 0.25) is 0 Å². The van der Waals surface area contributed by atoms with Gasteiger partial charge in [-0.2, -0.15) is 0 Å². The van der Waals surface area contributed by atoms with Gasteiger partial charge in [0.05, 0.1) is 17.8 Å². The highest BCUT2D eigenvalue weighted by Crippen LogP contribution is 2.60. The number of hydrogen-bond donors (Lipinski definition) is 3. The van der Waals surface area contributed by atoms with Crippen molar-refractivity contribution in [2.75, 3.05) is 0 Å². The van der Waals surface area contributed by atoms with Gasteiger partial charge in [0.1, 0.15) is 0 Å². The summed E-state index contributed by atoms with van der Waals surface area (Å²) in [7, 11) is 0. The molecule has 0 aromatic rings. The minimum Gasteiger partial charge on any atom is -0.392 e. The molecular formula is C28H46O3. The van der Waals surface area contributed by atoms with Crippen molar-refractivity contribution in [1.82, 2.24) is 0 Å². The Hall–Kier alpha value is -0.900. The molecule has 0 aromatic carbocycles. The van der Waals surface area contributed by atoms with E-state index >= 15 is 0 Å². The molecule has 0 aliphatic heterocycles. The van der Waals surface area contributed by atoms with Crippen LogP contribution in [0.15, 0.2) is 35.5 Å². The van der Waals surface area contributed by atoms with Gasteiger partial charge >= 0.3 is 0 Å². The van der Waals surface area contributed by atoms with Crippen LogP contribution in [-0.2, 0) is 0 Å². The first-order valence-electron chi connectivity index (χ1n) is 12.6. The molecule has 31 heavy (non-hydrogen) atoms. The SMILES string of the molecule is C=C1/C(=C/C=C2\CCC[C@]3(C)[C@@H]([C@H](C)CCCC(C)(C)O)CC[C@@H]23)C[C@@H](O)[C@@H](C)[C@H]1O. The molecule has 3 heteroatoms. The first-order chi connectivity index (χ1) is 14.4. The number of rotatable bonds is 6. The smallest absolute Gasteiger partial charge is 0.0837 e. The monoisotopic (exact) mass is 430 g/mol. The van der Waals surface area contributed by atoms with E-state index in [9.17, 15) is 15.3 Å². The minimum atomic E-state index is -0.648. The summed E-state index contributed by atoms with van der Waals surface area (Å²) in [6, 6.07) is 0. The highest BCUT2D eigenvalue weighted by atomic mass is 16.3. The Morgan fingerprint density at radius 1 is 1.23 bits per heavy atom. The third-order valence-electron chi connectivity index (χ3n) is 8.97. The molecule has 3 rings (SSSR count). The van der Waals surface area contributed by atoms with Crippen molar-refractivity contribution >= 4 is 0 Å². The van der Waals surface area contributed by atoms with E-state index < -0.39 is 17.8 Å². The van der Waals surface area contributed by atoms with Gasteiger partial charge in [0.25, 0.3) is 0 Å². The number of aliphatic hydroxyl groups excluding tert-OH is 2. The fraction of sp³-hybridized carbons (Fsp3) is 0.786. The molecular weight excluding hydrogens is 384 g/mol. The molecule has 176 valence electrons. The zero-order chi connectivity index (χ0) is 23.0. The summed E-state index contributed by atoms with van der Waals surface area (Å²) in [4.78, 5) is 0. The molecule has 3 N–H and O–H groups in total. The number of aliphatic hydroxyl groups is 3. The van der Waals surface area contributed by atoms with E-state index in [4.69, 9.17) is 0 Å². The average Bonchev–Trinajstić information content (AvgIpc) is 3.04. The van der Waals surface area contributed by atoms with Gasteiger partial charge in [0.15, 0.2) is 0 Å². The van der Waals surface area contributed by atoms with Gasteiger partial charge in [-0.3, -0.25) is 0 Å². The maximum atomic E-state index is 10.4. The maximum absolute atomic E-state index is 10.4. The third-order valence-corrected chi connectivity index (χ3v) is 8.97. The molecule has 3 saturated carbocycles. The molecule has 0 radical (unpaired) electrons. The summed E-state index contributed by atoms with van der Waals surface area (Å²) in [6.07, 6.45) is 13.4. The Morgan fingerprint density at radius 3 is 2.61 bits per heavy atom. The van der Waals surface area contributed by atoms with Crippen LogP contribution in [0.3, 0.4) is 0 Å². The second-order valence-corrected chi connectivity index (χ2v) is 11.8. The van der Waals surface area contributed by atoms with E-state index in [0.29, 0.717) is 23.7 Å². The van der Waals surface area contributed by atoms with Crippen molar-refractivity contribution in [3.63, 3.8) is 0 Å². The molecule has 7 atom stereocenters. The molecule has 3 aliphatic rings. The lowest BCUT2D eigenvalue weighted by molar-refractivity contribution is 0.0283. The summed E-state index contributed by atoms with van der Waals surface area (Å²) >= 11 is 0. The van der Waals surface area contributed by atoms with Crippen LogP contribution >= 0.6 is 0 Å². The fourth-order valence-corrected chi connectivity index (χ4v) is 6.91. The topological polar surface area (TPSA) is 60.7 Å². The molecule has 3 nitrogen and oxygen atoms in total. The summed E-state index contributed by atoms with van der Waals surface area (Å²) in [5.41, 5.74) is 3.15. The Kier molecular flexibility index (Phi) is 7.61. The lowest BCUT2D eigenvalue weighted by Gasteiger charge is -2.44. The lowest BCUT2D eigenvalue weighted by atomic mass is 9.60. The summed E-state index contributed by atoms with van der Waals surface area (Å²) in [5, 5.41) is 30.7. The zero-order valence-electron chi connectivity index (χ0n) is 20.5. The molecule has 3 fully saturated rings. The Balaban J connectivity index is 1.71. The number of fused-ring (bicyclic) bond motifs is 1. The van der Waals surface area contributed by atoms with Crippen LogP contribution in [0.2, 0.25) is 0 Å². The zero-order valence-corrected chi connectivity index (χ0v) is 20.5. The quantitative estimate of drug-likeness (QED) is 0.488. The predicted molar refractivity (Wildman–Crippen MR) is 129 cm³/mol. The Labute approximate surface area is 190 Å². The largest absolute Gasteiger partial charge is 0.392 e. The predicted octanol–water partition coefficient (Wildman–Crippen LogP) is 5.95. The van der Waals surface area contributed by atoms with Crippen LogP contribution < -0.4 is 0 Å². The van der Waals surface area contributed by atoms with Gasteiger partial charge in [0, 0.05) is 5.92 Å². The van der Waals surface area contributed by atoms with E-state index in [1.54, 1.807) is 5.57 Å². The van der Waals surface area contributed by atoms with Crippen molar-refractivity contribution in [3.05, 3.63) is 35.5 Å². The molecule has 0 spiro atoms. The molecule has 0 aromatic heterocycles. The van der Waals surface area contributed by atoms with Crippen molar-refractivity contribution in [1.29, 1.82) is 0 Å². The molecule has 0 heterocycles. The van der Waals surface area contributed by atoms with E-state index in [1.807, 2.05) is 20.8 Å². The second-order valence-electron chi connectivity index (χ2n) is 11.8. The summed E-state index contributed by atoms with van der Waals surface area (Å²) < 4.78 is 0. The van der Waals surface area contributed by atoms with Crippen molar-refractivity contribution < 1.29 is 15.3 Å². The third kappa shape index (κ3) is 5.37. The first kappa shape index (κ1) is 24.7. The van der Waals surface area contributed by atoms with Gasteiger partial charge in [-0.05, 0) is 93.1 Å². The molecule has 0 amide bonds. The standard InChI is InChI=1S/C28H46O3/c1-18(9-7-15-27(4,5)31)23-13-14-24-21(10-8-16-28(23,24)6)11-12-22-17-25(29)20(3)26(30)19(22)2/h11-12,18,20,23-26,29-31H,2,7-10,13-17H2,1,3-6H3/b21-11+,22-12+/t18-,20-,23-,24+,25-,26+,28-/m1/s1. The van der Waals surface area contributed by atoms with Crippen molar-refractivity contribution in [2.24, 2.45) is 29.1 Å². The minimum absolute atomic E-state index is 0.149. The Morgan fingerprint density at radius 2 is 1.94 bits per heavy atom. The van der Waals surface area contributed by atoms with Gasteiger partial charge < -0.3 is 15.3 Å². The van der Waals surface area contributed by atoms with Crippen LogP contribution in [0.5, 0.6) is 0 Å². The van der Waals surface area contributed by atoms with Crippen LogP contribution in [0.25, 0.3) is 0 Å². The highest BCUT2D eigenvalue weighted by molar-refractivity contribution is 5.39. The van der Waals surface area contributed by atoms with Crippen molar-refractivity contribution in [2.45, 2.75) is 110 Å². The van der Waals surface area contributed by atoms with E-state index in [-0.39, 0.29) is 5.92 Å². The highest BCUT2D eigenvalue weighted by Gasteiger charge is 2.50. The van der Waals surface area contributed by atoms with Crippen LogP contribution in [0.4, 0.5) is 0 Å². The lowest BCUT2D eigenvalue weighted by Crippen LogP contribution is -2.36. The Bertz CT molecular complexity index is 712. The van der Waals surface area contributed by atoms with Crippen LogP contribution in [0.1, 0.15) is 92.4 Å². The second kappa shape index (κ2) is 9.53.